The van der Waals surface area contributed by atoms with Crippen LogP contribution in [0.25, 0.3) is 0 Å². The average Bonchev–Trinajstić information content (AvgIpc) is 2.56. The standard InChI is InChI=1S/C11H19NOS/c1-4-13-11(2,3)10(12)8-9-6-5-7-14-9/h5-7,10H,4,8,12H2,1-3H3. The topological polar surface area (TPSA) is 35.2 Å². The Balaban J connectivity index is 2.52. The van der Waals surface area contributed by atoms with E-state index in [0.29, 0.717) is 6.61 Å². The Labute approximate surface area is 90.1 Å². The lowest BCUT2D eigenvalue weighted by molar-refractivity contribution is -0.0286. The van der Waals surface area contributed by atoms with E-state index in [9.17, 15) is 0 Å². The molecular weight excluding hydrogens is 194 g/mol. The van der Waals surface area contributed by atoms with Gasteiger partial charge < -0.3 is 10.5 Å². The van der Waals surface area contributed by atoms with Crippen LogP contribution in [-0.4, -0.2) is 18.2 Å². The van der Waals surface area contributed by atoms with Gasteiger partial charge in [-0.1, -0.05) is 6.07 Å². The molecule has 3 heteroatoms. The molecule has 0 aliphatic carbocycles. The summed E-state index contributed by atoms with van der Waals surface area (Å²) in [5.74, 6) is 0. The zero-order chi connectivity index (χ0) is 10.6. The predicted molar refractivity (Wildman–Crippen MR) is 61.7 cm³/mol. The fourth-order valence-electron chi connectivity index (χ4n) is 1.37. The first-order valence-corrected chi connectivity index (χ1v) is 5.86. The molecule has 1 atom stereocenters. The van der Waals surface area contributed by atoms with E-state index in [-0.39, 0.29) is 11.6 Å². The van der Waals surface area contributed by atoms with Crippen molar-refractivity contribution in [3.8, 4) is 0 Å². The Morgan fingerprint density at radius 1 is 1.57 bits per heavy atom. The van der Waals surface area contributed by atoms with Gasteiger partial charge in [0.05, 0.1) is 5.60 Å². The Morgan fingerprint density at radius 2 is 2.29 bits per heavy atom. The molecule has 1 heterocycles. The van der Waals surface area contributed by atoms with Gasteiger partial charge >= 0.3 is 0 Å². The number of thiophene rings is 1. The summed E-state index contributed by atoms with van der Waals surface area (Å²) in [5, 5.41) is 2.08. The minimum Gasteiger partial charge on any atom is -0.374 e. The average molecular weight is 213 g/mol. The van der Waals surface area contributed by atoms with E-state index < -0.39 is 0 Å². The lowest BCUT2D eigenvalue weighted by Gasteiger charge is -2.31. The van der Waals surface area contributed by atoms with Crippen LogP contribution >= 0.6 is 11.3 Å². The van der Waals surface area contributed by atoms with Crippen LogP contribution < -0.4 is 5.73 Å². The summed E-state index contributed by atoms with van der Waals surface area (Å²) >= 11 is 1.75. The van der Waals surface area contributed by atoms with Crippen LogP contribution in [0.2, 0.25) is 0 Å². The highest BCUT2D eigenvalue weighted by molar-refractivity contribution is 7.09. The summed E-state index contributed by atoms with van der Waals surface area (Å²) in [7, 11) is 0. The van der Waals surface area contributed by atoms with Gasteiger partial charge in [-0.05, 0) is 38.6 Å². The molecule has 0 aliphatic rings. The van der Waals surface area contributed by atoms with E-state index in [4.69, 9.17) is 10.5 Å². The Kier molecular flexibility index (Phi) is 4.11. The summed E-state index contributed by atoms with van der Waals surface area (Å²) < 4.78 is 5.62. The van der Waals surface area contributed by atoms with Crippen molar-refractivity contribution in [2.45, 2.75) is 38.8 Å². The van der Waals surface area contributed by atoms with Crippen molar-refractivity contribution in [2.24, 2.45) is 5.73 Å². The number of ether oxygens (including phenoxy) is 1. The highest BCUT2D eigenvalue weighted by atomic mass is 32.1. The smallest absolute Gasteiger partial charge is 0.0780 e. The van der Waals surface area contributed by atoms with Gasteiger partial charge in [0.1, 0.15) is 0 Å². The molecule has 1 aromatic heterocycles. The van der Waals surface area contributed by atoms with Gasteiger partial charge in [0.2, 0.25) is 0 Å². The molecule has 0 aliphatic heterocycles. The van der Waals surface area contributed by atoms with Gasteiger partial charge in [0.25, 0.3) is 0 Å². The normalized spacial score (nSPS) is 14.3. The predicted octanol–water partition coefficient (Wildman–Crippen LogP) is 2.43. The highest BCUT2D eigenvalue weighted by Gasteiger charge is 2.26. The Hall–Kier alpha value is -0.380. The molecule has 80 valence electrons. The molecular formula is C11H19NOS. The molecule has 0 saturated heterocycles. The van der Waals surface area contributed by atoms with Crippen LogP contribution in [0, 0.1) is 0 Å². The van der Waals surface area contributed by atoms with Gasteiger partial charge in [-0.3, -0.25) is 0 Å². The molecule has 1 unspecified atom stereocenters. The quantitative estimate of drug-likeness (QED) is 0.815. The van der Waals surface area contributed by atoms with Gasteiger partial charge in [-0.15, -0.1) is 11.3 Å². The van der Waals surface area contributed by atoms with Crippen LogP contribution in [0.15, 0.2) is 17.5 Å². The van der Waals surface area contributed by atoms with Crippen molar-refractivity contribution in [3.05, 3.63) is 22.4 Å². The molecule has 0 fully saturated rings. The summed E-state index contributed by atoms with van der Waals surface area (Å²) in [6.45, 7) is 6.81. The zero-order valence-corrected chi connectivity index (χ0v) is 9.93. The molecule has 0 radical (unpaired) electrons. The van der Waals surface area contributed by atoms with E-state index in [0.717, 1.165) is 6.42 Å². The highest BCUT2D eigenvalue weighted by Crippen LogP contribution is 2.19. The van der Waals surface area contributed by atoms with E-state index in [1.54, 1.807) is 11.3 Å². The molecule has 1 rings (SSSR count). The minimum atomic E-state index is -0.237. The number of rotatable bonds is 5. The molecule has 2 nitrogen and oxygen atoms in total. The van der Waals surface area contributed by atoms with E-state index in [1.807, 2.05) is 6.92 Å². The van der Waals surface area contributed by atoms with Crippen LogP contribution in [0.3, 0.4) is 0 Å². The maximum Gasteiger partial charge on any atom is 0.0780 e. The third-order valence-electron chi connectivity index (χ3n) is 2.41. The third-order valence-corrected chi connectivity index (χ3v) is 3.31. The van der Waals surface area contributed by atoms with Crippen molar-refractivity contribution in [2.75, 3.05) is 6.61 Å². The second-order valence-electron chi connectivity index (χ2n) is 3.93. The summed E-state index contributed by atoms with van der Waals surface area (Å²) in [4.78, 5) is 1.32. The molecule has 0 aromatic carbocycles. The van der Waals surface area contributed by atoms with Crippen molar-refractivity contribution in [1.29, 1.82) is 0 Å². The van der Waals surface area contributed by atoms with E-state index >= 15 is 0 Å². The van der Waals surface area contributed by atoms with Gasteiger partial charge in [-0.2, -0.15) is 0 Å². The summed E-state index contributed by atoms with van der Waals surface area (Å²) in [6, 6.07) is 4.23. The van der Waals surface area contributed by atoms with Crippen molar-refractivity contribution < 1.29 is 4.74 Å². The van der Waals surface area contributed by atoms with Crippen molar-refractivity contribution in [1.82, 2.24) is 0 Å². The lowest BCUT2D eigenvalue weighted by Crippen LogP contribution is -2.46. The zero-order valence-electron chi connectivity index (χ0n) is 9.12. The number of nitrogens with two attached hydrogens (primary N) is 1. The fourth-order valence-corrected chi connectivity index (χ4v) is 2.14. The third kappa shape index (κ3) is 3.08. The SMILES string of the molecule is CCOC(C)(C)C(N)Cc1cccs1. The molecule has 0 bridgehead atoms. The first kappa shape index (κ1) is 11.7. The van der Waals surface area contributed by atoms with Crippen LogP contribution in [0.5, 0.6) is 0 Å². The van der Waals surface area contributed by atoms with Crippen LogP contribution in [0.1, 0.15) is 25.6 Å². The molecule has 0 amide bonds. The summed E-state index contributed by atoms with van der Waals surface area (Å²) in [5.41, 5.74) is 5.87. The lowest BCUT2D eigenvalue weighted by atomic mass is 9.96. The monoisotopic (exact) mass is 213 g/mol. The maximum atomic E-state index is 6.11. The first-order valence-electron chi connectivity index (χ1n) is 4.98. The van der Waals surface area contributed by atoms with Gasteiger partial charge in [-0.25, -0.2) is 0 Å². The second-order valence-corrected chi connectivity index (χ2v) is 4.96. The first-order chi connectivity index (χ1) is 6.56. The molecule has 1 aromatic rings. The number of hydrogen-bond donors (Lipinski definition) is 1. The summed E-state index contributed by atoms with van der Waals surface area (Å²) in [6.07, 6.45) is 0.894. The minimum absolute atomic E-state index is 0.0566. The Morgan fingerprint density at radius 3 is 2.79 bits per heavy atom. The Bertz CT molecular complexity index is 256. The maximum absolute atomic E-state index is 6.11. The molecule has 0 saturated carbocycles. The van der Waals surface area contributed by atoms with Crippen molar-refractivity contribution >= 4 is 11.3 Å². The number of hydrogen-bond acceptors (Lipinski definition) is 3. The largest absolute Gasteiger partial charge is 0.374 e. The van der Waals surface area contributed by atoms with Crippen LogP contribution in [0.4, 0.5) is 0 Å². The van der Waals surface area contributed by atoms with Crippen molar-refractivity contribution in [3.63, 3.8) is 0 Å². The van der Waals surface area contributed by atoms with E-state index in [2.05, 4.69) is 31.4 Å². The fraction of sp³-hybridized carbons (Fsp3) is 0.636. The second kappa shape index (κ2) is 4.91. The molecule has 2 N–H and O–H groups in total. The van der Waals surface area contributed by atoms with Gasteiger partial charge in [0, 0.05) is 17.5 Å². The molecule has 0 spiro atoms. The van der Waals surface area contributed by atoms with Crippen LogP contribution in [-0.2, 0) is 11.2 Å². The van der Waals surface area contributed by atoms with E-state index in [1.165, 1.54) is 4.88 Å². The molecule has 14 heavy (non-hydrogen) atoms. The van der Waals surface area contributed by atoms with Gasteiger partial charge in [0.15, 0.2) is 0 Å².